The lowest BCUT2D eigenvalue weighted by Gasteiger charge is -2.28. The highest BCUT2D eigenvalue weighted by Crippen LogP contribution is 2.30. The molecule has 2 aliphatic rings. The molecule has 1 aromatic rings. The highest BCUT2D eigenvalue weighted by Gasteiger charge is 2.31. The molecule has 2 unspecified atom stereocenters. The zero-order valence-electron chi connectivity index (χ0n) is 8.02. The van der Waals surface area contributed by atoms with Crippen LogP contribution in [0.2, 0.25) is 0 Å². The summed E-state index contributed by atoms with van der Waals surface area (Å²) in [5.74, 6) is 0.886. The molecule has 2 atom stereocenters. The Balaban J connectivity index is 1.88. The van der Waals surface area contributed by atoms with Gasteiger partial charge in [-0.3, -0.25) is 0 Å². The van der Waals surface area contributed by atoms with Crippen LogP contribution < -0.4 is 5.32 Å². The molecule has 5 nitrogen and oxygen atoms in total. The number of hydrogen-bond acceptors (Lipinski definition) is 4. The van der Waals surface area contributed by atoms with Gasteiger partial charge in [-0.1, -0.05) is 0 Å². The van der Waals surface area contributed by atoms with Crippen molar-refractivity contribution in [3.8, 4) is 0 Å². The second-order valence-corrected chi connectivity index (χ2v) is 3.86. The number of fused-ring (bicyclic) bond motifs is 1. The van der Waals surface area contributed by atoms with Gasteiger partial charge in [0.05, 0.1) is 12.1 Å². The van der Waals surface area contributed by atoms with Crippen LogP contribution in [0.3, 0.4) is 0 Å². The van der Waals surface area contributed by atoms with E-state index in [2.05, 4.69) is 15.4 Å². The number of nitrogens with zero attached hydrogens (tertiary/aromatic N) is 3. The molecule has 14 heavy (non-hydrogen) atoms. The molecule has 76 valence electrons. The van der Waals surface area contributed by atoms with E-state index >= 15 is 0 Å². The van der Waals surface area contributed by atoms with E-state index in [4.69, 9.17) is 4.74 Å². The molecule has 2 aliphatic heterocycles. The molecule has 0 amide bonds. The molecule has 0 spiro atoms. The average molecular weight is 194 g/mol. The number of nitrogens with one attached hydrogen (secondary N) is 1. The van der Waals surface area contributed by atoms with E-state index in [1.165, 1.54) is 6.42 Å². The third-order valence-corrected chi connectivity index (χ3v) is 3.00. The van der Waals surface area contributed by atoms with E-state index in [0.29, 0.717) is 12.1 Å². The largest absolute Gasteiger partial charge is 0.376 e. The maximum Gasteiger partial charge on any atom is 0.221 e. The van der Waals surface area contributed by atoms with E-state index in [-0.39, 0.29) is 0 Å². The van der Waals surface area contributed by atoms with Gasteiger partial charge in [0.2, 0.25) is 5.95 Å². The van der Waals surface area contributed by atoms with Gasteiger partial charge in [0.25, 0.3) is 0 Å². The van der Waals surface area contributed by atoms with Gasteiger partial charge in [0.15, 0.2) is 0 Å². The van der Waals surface area contributed by atoms with Crippen molar-refractivity contribution < 1.29 is 4.74 Å². The normalized spacial score (nSPS) is 31.1. The Kier molecular flexibility index (Phi) is 1.90. The monoisotopic (exact) mass is 194 g/mol. The Labute approximate surface area is 82.5 Å². The quantitative estimate of drug-likeness (QED) is 0.719. The Morgan fingerprint density at radius 3 is 3.36 bits per heavy atom. The van der Waals surface area contributed by atoms with Crippen molar-refractivity contribution in [2.45, 2.75) is 31.4 Å². The van der Waals surface area contributed by atoms with Crippen LogP contribution in [0.15, 0.2) is 6.33 Å². The highest BCUT2D eigenvalue weighted by molar-refractivity contribution is 5.26. The highest BCUT2D eigenvalue weighted by atomic mass is 16.5. The van der Waals surface area contributed by atoms with E-state index in [0.717, 1.165) is 31.9 Å². The van der Waals surface area contributed by atoms with Crippen molar-refractivity contribution in [1.82, 2.24) is 14.8 Å². The first-order valence-corrected chi connectivity index (χ1v) is 5.20. The molecule has 0 bridgehead atoms. The molecule has 1 fully saturated rings. The zero-order chi connectivity index (χ0) is 9.38. The first kappa shape index (κ1) is 8.23. The van der Waals surface area contributed by atoms with E-state index in [1.54, 1.807) is 6.33 Å². The van der Waals surface area contributed by atoms with Crippen molar-refractivity contribution in [3.05, 3.63) is 6.33 Å². The standard InChI is InChI=1S/C9H14N4O/c1-2-8(14-5-1)7-3-4-10-9-11-6-12-13(7)9/h6-8H,1-5H2,(H,10,11,12). The number of rotatable bonds is 1. The Morgan fingerprint density at radius 2 is 2.50 bits per heavy atom. The van der Waals surface area contributed by atoms with Crippen LogP contribution in [0.25, 0.3) is 0 Å². The maximum absolute atomic E-state index is 5.70. The predicted molar refractivity (Wildman–Crippen MR) is 51.1 cm³/mol. The molecule has 3 rings (SSSR count). The number of ether oxygens (including phenoxy) is 1. The van der Waals surface area contributed by atoms with Crippen molar-refractivity contribution in [1.29, 1.82) is 0 Å². The summed E-state index contributed by atoms with van der Waals surface area (Å²) in [4.78, 5) is 4.16. The lowest BCUT2D eigenvalue weighted by Crippen LogP contribution is -2.32. The van der Waals surface area contributed by atoms with Crippen LogP contribution in [-0.2, 0) is 4.74 Å². The lowest BCUT2D eigenvalue weighted by molar-refractivity contribution is 0.0590. The Bertz CT molecular complexity index is 318. The minimum atomic E-state index is 0.345. The minimum Gasteiger partial charge on any atom is -0.376 e. The third kappa shape index (κ3) is 1.19. The molecule has 1 aromatic heterocycles. The molecule has 0 radical (unpaired) electrons. The Morgan fingerprint density at radius 1 is 1.50 bits per heavy atom. The second kappa shape index (κ2) is 3.24. The van der Waals surface area contributed by atoms with Crippen molar-refractivity contribution >= 4 is 5.95 Å². The second-order valence-electron chi connectivity index (χ2n) is 3.86. The molecular formula is C9H14N4O. The number of aromatic nitrogens is 3. The van der Waals surface area contributed by atoms with Gasteiger partial charge in [-0.15, -0.1) is 0 Å². The summed E-state index contributed by atoms with van der Waals surface area (Å²) in [6, 6.07) is 0.385. The predicted octanol–water partition coefficient (Wildman–Crippen LogP) is 0.814. The van der Waals surface area contributed by atoms with Crippen LogP contribution in [0.4, 0.5) is 5.95 Å². The molecule has 1 N–H and O–H groups in total. The fraction of sp³-hybridized carbons (Fsp3) is 0.778. The van der Waals surface area contributed by atoms with E-state index < -0.39 is 0 Å². The fourth-order valence-electron chi connectivity index (χ4n) is 2.32. The average Bonchev–Trinajstić information content (AvgIpc) is 2.88. The summed E-state index contributed by atoms with van der Waals surface area (Å²) in [5.41, 5.74) is 0. The maximum atomic E-state index is 5.70. The molecular weight excluding hydrogens is 180 g/mol. The van der Waals surface area contributed by atoms with E-state index in [1.807, 2.05) is 4.68 Å². The molecule has 0 saturated carbocycles. The van der Waals surface area contributed by atoms with Gasteiger partial charge in [-0.2, -0.15) is 10.1 Å². The lowest BCUT2D eigenvalue weighted by atomic mass is 10.0. The minimum absolute atomic E-state index is 0.345. The summed E-state index contributed by atoms with van der Waals surface area (Å²) in [6.45, 7) is 1.88. The van der Waals surface area contributed by atoms with Crippen LogP contribution in [0, 0.1) is 0 Å². The first-order valence-electron chi connectivity index (χ1n) is 5.20. The van der Waals surface area contributed by atoms with Crippen molar-refractivity contribution in [2.75, 3.05) is 18.5 Å². The summed E-state index contributed by atoms with van der Waals surface area (Å²) < 4.78 is 7.67. The van der Waals surface area contributed by atoms with Crippen LogP contribution in [0.5, 0.6) is 0 Å². The van der Waals surface area contributed by atoms with Crippen LogP contribution in [-0.4, -0.2) is 34.0 Å². The van der Waals surface area contributed by atoms with E-state index in [9.17, 15) is 0 Å². The molecule has 1 saturated heterocycles. The molecule has 3 heterocycles. The molecule has 5 heteroatoms. The van der Waals surface area contributed by atoms with Crippen LogP contribution in [0.1, 0.15) is 25.3 Å². The van der Waals surface area contributed by atoms with Crippen molar-refractivity contribution in [2.24, 2.45) is 0 Å². The van der Waals surface area contributed by atoms with Gasteiger partial charge in [-0.05, 0) is 19.3 Å². The SMILES string of the molecule is c1nc2n(n1)C(C1CCCO1)CCN2. The number of anilines is 1. The smallest absolute Gasteiger partial charge is 0.221 e. The molecule has 0 aliphatic carbocycles. The number of hydrogen-bond donors (Lipinski definition) is 1. The zero-order valence-corrected chi connectivity index (χ0v) is 8.02. The third-order valence-electron chi connectivity index (χ3n) is 3.00. The molecule has 0 aromatic carbocycles. The topological polar surface area (TPSA) is 52.0 Å². The summed E-state index contributed by atoms with van der Waals surface area (Å²) in [7, 11) is 0. The summed E-state index contributed by atoms with van der Waals surface area (Å²) in [6.07, 6.45) is 5.37. The fourth-order valence-corrected chi connectivity index (χ4v) is 2.32. The van der Waals surface area contributed by atoms with Gasteiger partial charge in [0, 0.05) is 13.2 Å². The van der Waals surface area contributed by atoms with Gasteiger partial charge in [0.1, 0.15) is 6.33 Å². The van der Waals surface area contributed by atoms with Gasteiger partial charge < -0.3 is 10.1 Å². The first-order chi connectivity index (χ1) is 6.95. The summed E-state index contributed by atoms with van der Waals surface area (Å²) in [5, 5.41) is 7.48. The Hall–Kier alpha value is -1.10. The summed E-state index contributed by atoms with van der Waals surface area (Å²) >= 11 is 0. The van der Waals surface area contributed by atoms with Gasteiger partial charge >= 0.3 is 0 Å². The van der Waals surface area contributed by atoms with Crippen LogP contribution >= 0.6 is 0 Å². The van der Waals surface area contributed by atoms with Gasteiger partial charge in [-0.25, -0.2) is 4.68 Å². The van der Waals surface area contributed by atoms with Crippen molar-refractivity contribution in [3.63, 3.8) is 0 Å².